The van der Waals surface area contributed by atoms with Gasteiger partial charge in [0.15, 0.2) is 0 Å². The van der Waals surface area contributed by atoms with Crippen LogP contribution in [0.4, 0.5) is 4.79 Å². The number of likely N-dealkylation sites (N-methyl/N-ethyl adjacent to an activating group) is 1. The van der Waals surface area contributed by atoms with Gasteiger partial charge in [-0.05, 0) is 44.6 Å². The van der Waals surface area contributed by atoms with Crippen LogP contribution in [0.1, 0.15) is 32.4 Å². The second kappa shape index (κ2) is 10.7. The molecule has 0 aliphatic rings. The van der Waals surface area contributed by atoms with Gasteiger partial charge in [-0.15, -0.1) is 0 Å². The molecule has 0 saturated carbocycles. The highest BCUT2D eigenvalue weighted by Crippen LogP contribution is 2.22. The molecule has 7 nitrogen and oxygen atoms in total. The van der Waals surface area contributed by atoms with Crippen LogP contribution in [0.2, 0.25) is 0 Å². The summed E-state index contributed by atoms with van der Waals surface area (Å²) in [5.74, 6) is 0.474. The van der Waals surface area contributed by atoms with Gasteiger partial charge in [-0.1, -0.05) is 26.0 Å². The summed E-state index contributed by atoms with van der Waals surface area (Å²) >= 11 is 0. The van der Waals surface area contributed by atoms with E-state index in [4.69, 9.17) is 9.47 Å². The highest BCUT2D eigenvalue weighted by atomic mass is 16.5. The molecule has 0 fully saturated rings. The van der Waals surface area contributed by atoms with Gasteiger partial charge in [-0.25, -0.2) is 4.79 Å². The maximum absolute atomic E-state index is 12.6. The first-order valence-corrected chi connectivity index (χ1v) is 8.81. The van der Waals surface area contributed by atoms with Gasteiger partial charge in [-0.3, -0.25) is 4.79 Å². The van der Waals surface area contributed by atoms with E-state index in [0.717, 1.165) is 11.3 Å². The summed E-state index contributed by atoms with van der Waals surface area (Å²) in [7, 11) is 5.53. The van der Waals surface area contributed by atoms with Gasteiger partial charge in [0, 0.05) is 6.54 Å². The number of methoxy groups -OCH3 is 1. The van der Waals surface area contributed by atoms with Crippen molar-refractivity contribution in [2.45, 2.75) is 32.9 Å². The third-order valence-electron chi connectivity index (χ3n) is 4.07. The largest absolute Gasteiger partial charge is 0.497 e. The van der Waals surface area contributed by atoms with Crippen molar-refractivity contribution in [1.29, 1.82) is 0 Å². The maximum Gasteiger partial charge on any atom is 0.407 e. The molecule has 2 N–H and O–H groups in total. The highest BCUT2D eigenvalue weighted by molar-refractivity contribution is 5.85. The lowest BCUT2D eigenvalue weighted by atomic mass is 10.0. The number of rotatable bonds is 9. The van der Waals surface area contributed by atoms with Crippen LogP contribution in [-0.2, 0) is 9.53 Å². The predicted octanol–water partition coefficient (Wildman–Crippen LogP) is 2.18. The van der Waals surface area contributed by atoms with Crippen LogP contribution in [0.3, 0.4) is 0 Å². The summed E-state index contributed by atoms with van der Waals surface area (Å²) < 4.78 is 10.2. The van der Waals surface area contributed by atoms with Gasteiger partial charge < -0.3 is 25.0 Å². The van der Waals surface area contributed by atoms with Gasteiger partial charge in [-0.2, -0.15) is 0 Å². The Kier molecular flexibility index (Phi) is 8.92. The minimum atomic E-state index is -0.651. The van der Waals surface area contributed by atoms with Crippen LogP contribution in [0.5, 0.6) is 5.75 Å². The Balaban J connectivity index is 2.79. The van der Waals surface area contributed by atoms with Crippen molar-refractivity contribution in [3.05, 3.63) is 29.8 Å². The molecule has 146 valence electrons. The van der Waals surface area contributed by atoms with Crippen LogP contribution in [-0.4, -0.2) is 57.3 Å². The first-order valence-electron chi connectivity index (χ1n) is 8.81. The average Bonchev–Trinajstić information content (AvgIpc) is 2.59. The molecule has 1 aromatic carbocycles. The lowest BCUT2D eigenvalue weighted by molar-refractivity contribution is -0.124. The Labute approximate surface area is 156 Å². The smallest absolute Gasteiger partial charge is 0.407 e. The Morgan fingerprint density at radius 2 is 1.92 bits per heavy atom. The van der Waals surface area contributed by atoms with E-state index < -0.39 is 12.1 Å². The van der Waals surface area contributed by atoms with Gasteiger partial charge in [0.2, 0.25) is 5.91 Å². The number of nitrogens with zero attached hydrogens (tertiary/aromatic N) is 1. The summed E-state index contributed by atoms with van der Waals surface area (Å²) in [5, 5.41) is 5.56. The molecule has 0 saturated heterocycles. The topological polar surface area (TPSA) is 79.9 Å². The van der Waals surface area contributed by atoms with Crippen LogP contribution < -0.4 is 15.4 Å². The number of hydrogen-bond acceptors (Lipinski definition) is 5. The number of ether oxygens (including phenoxy) is 2. The highest BCUT2D eigenvalue weighted by Gasteiger charge is 2.26. The lowest BCUT2D eigenvalue weighted by Gasteiger charge is -2.27. The summed E-state index contributed by atoms with van der Waals surface area (Å²) in [6.45, 7) is 6.15. The third-order valence-corrected chi connectivity index (χ3v) is 4.07. The van der Waals surface area contributed by atoms with E-state index in [1.54, 1.807) is 14.0 Å². The lowest BCUT2D eigenvalue weighted by Crippen LogP contribution is -2.51. The molecule has 0 bridgehead atoms. The van der Waals surface area contributed by atoms with E-state index in [1.807, 2.05) is 57.1 Å². The summed E-state index contributed by atoms with van der Waals surface area (Å²) in [5.41, 5.74) is 1.04. The van der Waals surface area contributed by atoms with Gasteiger partial charge in [0.25, 0.3) is 0 Å². The Morgan fingerprint density at radius 1 is 1.23 bits per heavy atom. The summed E-state index contributed by atoms with van der Waals surface area (Å²) in [4.78, 5) is 26.3. The number of nitrogens with one attached hydrogen (secondary N) is 2. The van der Waals surface area contributed by atoms with Crippen molar-refractivity contribution in [3.8, 4) is 5.75 Å². The van der Waals surface area contributed by atoms with Crippen LogP contribution in [0.25, 0.3) is 0 Å². The molecule has 0 aromatic heterocycles. The molecule has 7 heteroatoms. The number of carbonyl (C=O) groups excluding carboxylic acids is 2. The van der Waals surface area contributed by atoms with Crippen molar-refractivity contribution in [2.24, 2.45) is 5.92 Å². The number of benzene rings is 1. The molecular formula is C19H31N3O4. The fraction of sp³-hybridized carbons (Fsp3) is 0.579. The quantitative estimate of drug-likeness (QED) is 0.701. The molecule has 0 aliphatic heterocycles. The minimum Gasteiger partial charge on any atom is -0.497 e. The molecule has 2 atom stereocenters. The summed E-state index contributed by atoms with van der Waals surface area (Å²) in [6.07, 6.45) is -0.585. The number of amides is 2. The van der Waals surface area contributed by atoms with Crippen molar-refractivity contribution < 1.29 is 19.1 Å². The Hall–Kier alpha value is -2.28. The zero-order valence-corrected chi connectivity index (χ0v) is 16.5. The van der Waals surface area contributed by atoms with E-state index in [1.165, 1.54) is 0 Å². The third kappa shape index (κ3) is 6.55. The number of carbonyl (C=O) groups is 2. The van der Waals surface area contributed by atoms with E-state index in [9.17, 15) is 9.59 Å². The molecular weight excluding hydrogens is 334 g/mol. The molecule has 1 rings (SSSR count). The molecule has 0 heterocycles. The monoisotopic (exact) mass is 365 g/mol. The van der Waals surface area contributed by atoms with Gasteiger partial charge >= 0.3 is 6.09 Å². The Bertz CT molecular complexity index is 590. The maximum atomic E-state index is 12.6. The molecule has 1 aromatic rings. The first kappa shape index (κ1) is 21.8. The van der Waals surface area contributed by atoms with Crippen molar-refractivity contribution in [2.75, 3.05) is 34.4 Å². The first-order chi connectivity index (χ1) is 12.3. The second-order valence-electron chi connectivity index (χ2n) is 6.59. The molecule has 0 aliphatic carbocycles. The zero-order valence-electron chi connectivity index (χ0n) is 16.5. The Morgan fingerprint density at radius 3 is 2.46 bits per heavy atom. The predicted molar refractivity (Wildman–Crippen MR) is 101 cm³/mol. The van der Waals surface area contributed by atoms with E-state index in [0.29, 0.717) is 6.54 Å². The molecule has 2 amide bonds. The van der Waals surface area contributed by atoms with Crippen LogP contribution in [0.15, 0.2) is 24.3 Å². The van der Waals surface area contributed by atoms with Crippen molar-refractivity contribution in [1.82, 2.24) is 15.5 Å². The van der Waals surface area contributed by atoms with Crippen LogP contribution in [0, 0.1) is 5.92 Å². The molecule has 0 spiro atoms. The van der Waals surface area contributed by atoms with Crippen molar-refractivity contribution >= 4 is 12.0 Å². The average molecular weight is 365 g/mol. The van der Waals surface area contributed by atoms with Crippen molar-refractivity contribution in [3.63, 3.8) is 0 Å². The molecule has 26 heavy (non-hydrogen) atoms. The second-order valence-corrected chi connectivity index (χ2v) is 6.59. The van der Waals surface area contributed by atoms with Crippen LogP contribution >= 0.6 is 0 Å². The van der Waals surface area contributed by atoms with E-state index in [2.05, 4.69) is 10.6 Å². The fourth-order valence-corrected chi connectivity index (χ4v) is 2.59. The molecule has 0 unspecified atom stereocenters. The van der Waals surface area contributed by atoms with Gasteiger partial charge in [0.05, 0.1) is 19.8 Å². The number of hydrogen-bond donors (Lipinski definition) is 2. The standard InChI is InChI=1S/C19H31N3O4/c1-7-26-19(24)21-17(13(2)3)18(23)20-12-16(22(4)5)14-9-8-10-15(11-14)25-6/h8-11,13,16-17H,7,12H2,1-6H3,(H,20,23)(H,21,24)/t16-,17-/m0/s1. The normalized spacial score (nSPS) is 13.2. The van der Waals surface area contributed by atoms with E-state index >= 15 is 0 Å². The minimum absolute atomic E-state index is 0.0237. The molecule has 0 radical (unpaired) electrons. The summed E-state index contributed by atoms with van der Waals surface area (Å²) in [6, 6.07) is 7.08. The SMILES string of the molecule is CCOC(=O)N[C@H](C(=O)NC[C@@H](c1cccc(OC)c1)N(C)C)C(C)C. The number of alkyl carbamates (subject to hydrolysis) is 1. The fourth-order valence-electron chi connectivity index (χ4n) is 2.59. The van der Waals surface area contributed by atoms with Gasteiger partial charge in [0.1, 0.15) is 11.8 Å². The zero-order chi connectivity index (χ0) is 19.7. The van der Waals surface area contributed by atoms with E-state index in [-0.39, 0.29) is 24.5 Å².